The van der Waals surface area contributed by atoms with E-state index in [2.05, 4.69) is 22.4 Å². The number of rotatable bonds is 7. The first kappa shape index (κ1) is 24.7. The zero-order chi connectivity index (χ0) is 25.8. The number of amides is 3. The molecule has 1 aromatic heterocycles. The van der Waals surface area contributed by atoms with E-state index < -0.39 is 0 Å². The summed E-state index contributed by atoms with van der Waals surface area (Å²) in [5.41, 5.74) is 3.17. The van der Waals surface area contributed by atoms with Crippen molar-refractivity contribution in [1.82, 2.24) is 20.1 Å². The third-order valence-electron chi connectivity index (χ3n) is 7.69. The van der Waals surface area contributed by atoms with Crippen LogP contribution < -0.4 is 5.32 Å². The summed E-state index contributed by atoms with van der Waals surface area (Å²) in [6.45, 7) is 1.28. The lowest BCUT2D eigenvalue weighted by Crippen LogP contribution is -2.48. The van der Waals surface area contributed by atoms with Crippen molar-refractivity contribution in [2.75, 3.05) is 20.1 Å². The van der Waals surface area contributed by atoms with Gasteiger partial charge in [0, 0.05) is 37.9 Å². The van der Waals surface area contributed by atoms with E-state index >= 15 is 0 Å². The molecule has 3 aromatic rings. The molecule has 0 saturated carbocycles. The average Bonchev–Trinajstić information content (AvgIpc) is 3.27. The molecular formula is C30H32N4O3. The summed E-state index contributed by atoms with van der Waals surface area (Å²) in [6.07, 6.45) is 4.29. The molecule has 37 heavy (non-hydrogen) atoms. The number of pyridine rings is 1. The summed E-state index contributed by atoms with van der Waals surface area (Å²) in [4.78, 5) is 46.7. The van der Waals surface area contributed by atoms with E-state index in [1.54, 1.807) is 24.4 Å². The quantitative estimate of drug-likeness (QED) is 0.538. The highest BCUT2D eigenvalue weighted by Gasteiger charge is 2.35. The summed E-state index contributed by atoms with van der Waals surface area (Å²) >= 11 is 0. The number of likely N-dealkylation sites (tertiary alicyclic amines) is 1. The van der Waals surface area contributed by atoms with Crippen LogP contribution >= 0.6 is 0 Å². The highest BCUT2D eigenvalue weighted by molar-refractivity contribution is 5.99. The molecule has 1 fully saturated rings. The number of carbonyl (C=O) groups excluding carboxylic acids is 3. The Kier molecular flexibility index (Phi) is 7.30. The number of nitrogens with one attached hydrogen (secondary N) is 1. The SMILES string of the molecule is CN(C(=O)c1ccccn1)[C@@H](Cc1ccccc1)C1CCN(C(=O)C[C@@H]2NC(=O)c3ccccc32)CC1. The molecule has 190 valence electrons. The van der Waals surface area contributed by atoms with Crippen LogP contribution in [0, 0.1) is 5.92 Å². The van der Waals surface area contributed by atoms with Crippen molar-refractivity contribution in [1.29, 1.82) is 0 Å². The van der Waals surface area contributed by atoms with Crippen LogP contribution in [0.5, 0.6) is 0 Å². The first-order chi connectivity index (χ1) is 18.0. The van der Waals surface area contributed by atoms with Gasteiger partial charge in [-0.1, -0.05) is 54.6 Å². The monoisotopic (exact) mass is 496 g/mol. The number of fused-ring (bicyclic) bond motifs is 1. The molecule has 2 aromatic carbocycles. The Balaban J connectivity index is 1.25. The average molecular weight is 497 g/mol. The van der Waals surface area contributed by atoms with Crippen LogP contribution in [0.1, 0.15) is 57.3 Å². The molecule has 2 atom stereocenters. The fraction of sp³-hybridized carbons (Fsp3) is 0.333. The van der Waals surface area contributed by atoms with Gasteiger partial charge in [0.1, 0.15) is 5.69 Å². The summed E-state index contributed by atoms with van der Waals surface area (Å²) in [5, 5.41) is 2.95. The number of benzene rings is 2. The van der Waals surface area contributed by atoms with E-state index in [4.69, 9.17) is 0 Å². The van der Waals surface area contributed by atoms with E-state index in [9.17, 15) is 14.4 Å². The van der Waals surface area contributed by atoms with Gasteiger partial charge in [-0.05, 0) is 54.5 Å². The van der Waals surface area contributed by atoms with Crippen LogP contribution in [-0.4, -0.2) is 58.7 Å². The van der Waals surface area contributed by atoms with Gasteiger partial charge in [-0.3, -0.25) is 19.4 Å². The molecule has 3 amide bonds. The lowest BCUT2D eigenvalue weighted by molar-refractivity contribution is -0.133. The van der Waals surface area contributed by atoms with Crippen LogP contribution in [0.4, 0.5) is 0 Å². The number of aromatic nitrogens is 1. The molecule has 2 aliphatic rings. The molecule has 5 rings (SSSR count). The van der Waals surface area contributed by atoms with Gasteiger partial charge in [-0.25, -0.2) is 0 Å². The zero-order valence-corrected chi connectivity index (χ0v) is 21.0. The third kappa shape index (κ3) is 5.40. The number of nitrogens with zero attached hydrogens (tertiary/aromatic N) is 3. The van der Waals surface area contributed by atoms with E-state index in [1.807, 2.05) is 59.3 Å². The smallest absolute Gasteiger partial charge is 0.272 e. The highest BCUT2D eigenvalue weighted by Crippen LogP contribution is 2.31. The number of carbonyl (C=O) groups is 3. The lowest BCUT2D eigenvalue weighted by Gasteiger charge is -2.40. The second-order valence-corrected chi connectivity index (χ2v) is 9.92. The first-order valence-corrected chi connectivity index (χ1v) is 12.9. The van der Waals surface area contributed by atoms with Crippen molar-refractivity contribution in [3.8, 4) is 0 Å². The van der Waals surface area contributed by atoms with Gasteiger partial charge in [0.25, 0.3) is 11.8 Å². The molecule has 3 heterocycles. The van der Waals surface area contributed by atoms with E-state index in [-0.39, 0.29) is 42.1 Å². The van der Waals surface area contributed by atoms with Crippen LogP contribution in [0.2, 0.25) is 0 Å². The van der Waals surface area contributed by atoms with Gasteiger partial charge in [0.05, 0.1) is 12.5 Å². The highest BCUT2D eigenvalue weighted by atomic mass is 16.2. The molecular weight excluding hydrogens is 464 g/mol. The minimum Gasteiger partial charge on any atom is -0.345 e. The van der Waals surface area contributed by atoms with Gasteiger partial charge >= 0.3 is 0 Å². The van der Waals surface area contributed by atoms with Crippen molar-refractivity contribution < 1.29 is 14.4 Å². The fourth-order valence-corrected chi connectivity index (χ4v) is 5.62. The molecule has 7 heteroatoms. The Labute approximate surface area is 217 Å². The Hall–Kier alpha value is -4.00. The second-order valence-electron chi connectivity index (χ2n) is 9.92. The predicted molar refractivity (Wildman–Crippen MR) is 141 cm³/mol. The van der Waals surface area contributed by atoms with Crippen molar-refractivity contribution in [3.63, 3.8) is 0 Å². The van der Waals surface area contributed by atoms with Crippen molar-refractivity contribution in [3.05, 3.63) is 101 Å². The molecule has 0 bridgehead atoms. The molecule has 0 unspecified atom stereocenters. The predicted octanol–water partition coefficient (Wildman–Crippen LogP) is 3.88. The standard InChI is InChI=1S/C30H32N4O3/c1-33(30(37)25-13-7-8-16-31-25)27(19-21-9-3-2-4-10-21)22-14-17-34(18-15-22)28(35)20-26-23-11-5-6-12-24(23)29(36)32-26/h2-13,16,22,26-27H,14-15,17-20H2,1H3,(H,32,36)/t26-,27-/m0/s1. The number of hydrogen-bond acceptors (Lipinski definition) is 4. The molecule has 2 aliphatic heterocycles. The maximum Gasteiger partial charge on any atom is 0.272 e. The first-order valence-electron chi connectivity index (χ1n) is 12.9. The van der Waals surface area contributed by atoms with Crippen LogP contribution in [0.25, 0.3) is 0 Å². The van der Waals surface area contributed by atoms with Crippen molar-refractivity contribution in [2.45, 2.75) is 37.8 Å². The van der Waals surface area contributed by atoms with Crippen LogP contribution in [0.15, 0.2) is 79.0 Å². The molecule has 0 aliphatic carbocycles. The van der Waals surface area contributed by atoms with Gasteiger partial charge in [-0.2, -0.15) is 0 Å². The van der Waals surface area contributed by atoms with E-state index in [0.717, 1.165) is 24.8 Å². The van der Waals surface area contributed by atoms with E-state index in [0.29, 0.717) is 24.3 Å². The summed E-state index contributed by atoms with van der Waals surface area (Å²) < 4.78 is 0. The summed E-state index contributed by atoms with van der Waals surface area (Å²) in [7, 11) is 1.86. The van der Waals surface area contributed by atoms with Crippen LogP contribution in [0.3, 0.4) is 0 Å². The third-order valence-corrected chi connectivity index (χ3v) is 7.69. The molecule has 1 N–H and O–H groups in total. The summed E-state index contributed by atoms with van der Waals surface area (Å²) in [6, 6.07) is 22.8. The fourth-order valence-electron chi connectivity index (χ4n) is 5.62. The van der Waals surface area contributed by atoms with Gasteiger partial charge in [0.2, 0.25) is 5.91 Å². The normalized spacial score (nSPS) is 18.1. The Morgan fingerprint density at radius 2 is 1.70 bits per heavy atom. The Bertz CT molecular complexity index is 1260. The summed E-state index contributed by atoms with van der Waals surface area (Å²) in [5.74, 6) is 0.110. The molecule has 7 nitrogen and oxygen atoms in total. The van der Waals surface area contributed by atoms with E-state index in [1.165, 1.54) is 5.56 Å². The number of likely N-dealkylation sites (N-methyl/N-ethyl adjacent to an activating group) is 1. The largest absolute Gasteiger partial charge is 0.345 e. The molecule has 0 spiro atoms. The van der Waals surface area contributed by atoms with Crippen LogP contribution in [-0.2, 0) is 11.2 Å². The van der Waals surface area contributed by atoms with Gasteiger partial charge < -0.3 is 15.1 Å². The number of piperidine rings is 1. The van der Waals surface area contributed by atoms with Gasteiger partial charge in [0.15, 0.2) is 0 Å². The molecule has 1 saturated heterocycles. The second kappa shape index (κ2) is 10.9. The Morgan fingerprint density at radius 1 is 1.00 bits per heavy atom. The Morgan fingerprint density at radius 3 is 2.43 bits per heavy atom. The van der Waals surface area contributed by atoms with Crippen molar-refractivity contribution in [2.24, 2.45) is 5.92 Å². The minimum absolute atomic E-state index is 0.00449. The maximum absolute atomic E-state index is 13.3. The maximum atomic E-state index is 13.3. The lowest BCUT2D eigenvalue weighted by atomic mass is 9.84. The number of hydrogen-bond donors (Lipinski definition) is 1. The topological polar surface area (TPSA) is 82.6 Å². The van der Waals surface area contributed by atoms with Crippen molar-refractivity contribution >= 4 is 17.7 Å². The minimum atomic E-state index is -0.276. The zero-order valence-electron chi connectivity index (χ0n) is 21.0. The van der Waals surface area contributed by atoms with Gasteiger partial charge in [-0.15, -0.1) is 0 Å². The molecule has 0 radical (unpaired) electrons.